The lowest BCUT2D eigenvalue weighted by atomic mass is 9.85. The molecule has 0 unspecified atom stereocenters. The second kappa shape index (κ2) is 9.60. The molecule has 0 aliphatic heterocycles. The van der Waals surface area contributed by atoms with Crippen LogP contribution in [0.3, 0.4) is 0 Å². The van der Waals surface area contributed by atoms with Crippen LogP contribution in [0, 0.1) is 0 Å². The van der Waals surface area contributed by atoms with Crippen LogP contribution in [0.5, 0.6) is 11.5 Å². The van der Waals surface area contributed by atoms with Crippen molar-refractivity contribution in [1.82, 2.24) is 0 Å². The molecular weight excluding hydrogens is 454 g/mol. The van der Waals surface area contributed by atoms with E-state index in [1.165, 1.54) is 0 Å². The van der Waals surface area contributed by atoms with Gasteiger partial charge in [0, 0.05) is 17.4 Å². The molecule has 0 atom stereocenters. The van der Waals surface area contributed by atoms with Crippen LogP contribution in [0.15, 0.2) is 102 Å². The average Bonchev–Trinajstić information content (AvgIpc) is 2.82. The summed E-state index contributed by atoms with van der Waals surface area (Å²) in [6.45, 7) is 0. The Morgan fingerprint density at radius 3 is 1.91 bits per heavy atom. The smallest absolute Gasteiger partial charge is 0.262 e. The average molecular weight is 478 g/mol. The molecule has 0 amide bonds. The van der Waals surface area contributed by atoms with Crippen LogP contribution in [0.2, 0.25) is 0 Å². The minimum atomic E-state index is -3.92. The molecule has 168 valence electrons. The summed E-state index contributed by atoms with van der Waals surface area (Å²) in [6.07, 6.45) is 0. The Balaban J connectivity index is 1.84. The maximum absolute atomic E-state index is 13.5. The lowest BCUT2D eigenvalue weighted by molar-refractivity contribution is 0.475. The quantitative estimate of drug-likeness (QED) is 0.209. The first-order valence-electron chi connectivity index (χ1n) is 10.3. The molecule has 0 radical (unpaired) electrons. The molecule has 0 fully saturated rings. The molecule has 0 aliphatic carbocycles. The molecule has 4 aromatic carbocycles. The minimum Gasteiger partial charge on any atom is -0.508 e. The molecule has 0 saturated carbocycles. The van der Waals surface area contributed by atoms with Crippen molar-refractivity contribution in [1.29, 1.82) is 0 Å². The second-order valence-corrected chi connectivity index (χ2v) is 9.58. The van der Waals surface area contributed by atoms with Gasteiger partial charge < -0.3 is 10.2 Å². The number of anilines is 1. The number of rotatable bonds is 7. The molecule has 3 N–H and O–H groups in total. The molecule has 0 bridgehead atoms. The van der Waals surface area contributed by atoms with Gasteiger partial charge in [-0.2, -0.15) is 12.6 Å². The van der Waals surface area contributed by atoms with Gasteiger partial charge in [-0.15, -0.1) is 0 Å². The van der Waals surface area contributed by atoms with Crippen LogP contribution < -0.4 is 4.72 Å². The van der Waals surface area contributed by atoms with Gasteiger partial charge in [0.25, 0.3) is 10.0 Å². The standard InChI is InChI=1S/C26H23NO4S2/c28-22-12-8-19(9-13-22)26(20-10-14-23(29)15-11-20)24-6-1-2-7-25(24)33(30,31)27-21-5-3-4-18(16-21)17-32/h1-16,26-29,32H,17H2. The van der Waals surface area contributed by atoms with E-state index >= 15 is 0 Å². The van der Waals surface area contributed by atoms with Gasteiger partial charge in [0.1, 0.15) is 11.5 Å². The van der Waals surface area contributed by atoms with Crippen LogP contribution in [0.4, 0.5) is 5.69 Å². The number of benzene rings is 4. The molecule has 0 spiro atoms. The van der Waals surface area contributed by atoms with Crippen LogP contribution in [-0.2, 0) is 15.8 Å². The second-order valence-electron chi connectivity index (χ2n) is 7.62. The summed E-state index contributed by atoms with van der Waals surface area (Å²) in [5.41, 5.74) is 3.54. The Hall–Kier alpha value is -3.42. The minimum absolute atomic E-state index is 0.120. The number of thiol groups is 1. The van der Waals surface area contributed by atoms with Crippen LogP contribution in [0.1, 0.15) is 28.2 Å². The summed E-state index contributed by atoms with van der Waals surface area (Å²) < 4.78 is 29.7. The number of sulfonamides is 1. The molecular formula is C26H23NO4S2. The molecule has 33 heavy (non-hydrogen) atoms. The van der Waals surface area contributed by atoms with Crippen LogP contribution in [-0.4, -0.2) is 18.6 Å². The lowest BCUT2D eigenvalue weighted by Crippen LogP contribution is -2.17. The van der Waals surface area contributed by atoms with E-state index in [0.29, 0.717) is 17.0 Å². The zero-order valence-electron chi connectivity index (χ0n) is 17.6. The van der Waals surface area contributed by atoms with Crippen molar-refractivity contribution < 1.29 is 18.6 Å². The normalized spacial score (nSPS) is 11.5. The van der Waals surface area contributed by atoms with E-state index in [0.717, 1.165) is 16.7 Å². The summed E-state index contributed by atoms with van der Waals surface area (Å²) in [5.74, 6) is 0.295. The third-order valence-electron chi connectivity index (χ3n) is 5.33. The van der Waals surface area contributed by atoms with Gasteiger partial charge in [-0.05, 0) is 64.7 Å². The molecule has 4 aromatic rings. The third-order valence-corrected chi connectivity index (χ3v) is 7.15. The third kappa shape index (κ3) is 5.16. The summed E-state index contributed by atoms with van der Waals surface area (Å²) >= 11 is 4.26. The first kappa shape index (κ1) is 22.8. The molecule has 4 rings (SSSR count). The molecule has 5 nitrogen and oxygen atoms in total. The Morgan fingerprint density at radius 2 is 1.33 bits per heavy atom. The predicted molar refractivity (Wildman–Crippen MR) is 134 cm³/mol. The van der Waals surface area contributed by atoms with E-state index in [-0.39, 0.29) is 16.4 Å². The van der Waals surface area contributed by atoms with E-state index < -0.39 is 15.9 Å². The first-order chi connectivity index (χ1) is 15.9. The first-order valence-corrected chi connectivity index (χ1v) is 12.4. The number of phenolic OH excluding ortho intramolecular Hbond substituents is 2. The van der Waals surface area contributed by atoms with Gasteiger partial charge in [-0.3, -0.25) is 4.72 Å². The van der Waals surface area contributed by atoms with Crippen molar-refractivity contribution in [2.24, 2.45) is 0 Å². The van der Waals surface area contributed by atoms with Crippen molar-refractivity contribution in [2.75, 3.05) is 4.72 Å². The number of nitrogens with one attached hydrogen (secondary N) is 1. The summed E-state index contributed by atoms with van der Waals surface area (Å²) in [4.78, 5) is 0.146. The fourth-order valence-corrected chi connectivity index (χ4v) is 5.29. The fraction of sp³-hybridized carbons (Fsp3) is 0.0769. The van der Waals surface area contributed by atoms with E-state index in [9.17, 15) is 18.6 Å². The van der Waals surface area contributed by atoms with Crippen molar-refractivity contribution in [3.8, 4) is 11.5 Å². The van der Waals surface area contributed by atoms with Gasteiger partial charge in [0.2, 0.25) is 0 Å². The Bertz CT molecular complexity index is 1310. The topological polar surface area (TPSA) is 86.6 Å². The highest BCUT2D eigenvalue weighted by Gasteiger charge is 2.26. The molecule has 7 heteroatoms. The maximum atomic E-state index is 13.5. The molecule has 0 saturated heterocycles. The summed E-state index contributed by atoms with van der Waals surface area (Å²) in [6, 6.07) is 27.3. The SMILES string of the molecule is O=S(=O)(Nc1cccc(CS)c1)c1ccccc1C(c1ccc(O)cc1)c1ccc(O)cc1. The number of hydrogen-bond acceptors (Lipinski definition) is 5. The highest BCUT2D eigenvalue weighted by molar-refractivity contribution is 7.92. The summed E-state index contributed by atoms with van der Waals surface area (Å²) in [5, 5.41) is 19.5. The Labute approximate surface area is 198 Å². The fourth-order valence-electron chi connectivity index (χ4n) is 3.79. The highest BCUT2D eigenvalue weighted by Crippen LogP contribution is 2.37. The van der Waals surface area contributed by atoms with Gasteiger partial charge in [0.05, 0.1) is 4.90 Å². The number of hydrogen-bond donors (Lipinski definition) is 4. The zero-order valence-corrected chi connectivity index (χ0v) is 19.3. The predicted octanol–water partition coefficient (Wildman–Crippen LogP) is 5.51. The highest BCUT2D eigenvalue weighted by atomic mass is 32.2. The van der Waals surface area contributed by atoms with Crippen molar-refractivity contribution in [3.05, 3.63) is 119 Å². The van der Waals surface area contributed by atoms with Crippen LogP contribution in [0.25, 0.3) is 0 Å². The van der Waals surface area contributed by atoms with Gasteiger partial charge in [0.15, 0.2) is 0 Å². The van der Waals surface area contributed by atoms with Crippen molar-refractivity contribution >= 4 is 28.3 Å². The molecule has 0 aliphatic rings. The van der Waals surface area contributed by atoms with Crippen molar-refractivity contribution in [3.63, 3.8) is 0 Å². The Kier molecular flexibility index (Phi) is 6.62. The van der Waals surface area contributed by atoms with E-state index in [1.807, 2.05) is 6.07 Å². The molecule has 0 heterocycles. The monoisotopic (exact) mass is 477 g/mol. The van der Waals surface area contributed by atoms with Crippen LogP contribution >= 0.6 is 12.6 Å². The van der Waals surface area contributed by atoms with Gasteiger partial charge in [-0.25, -0.2) is 8.42 Å². The number of aromatic hydroxyl groups is 2. The van der Waals surface area contributed by atoms with Crippen molar-refractivity contribution in [2.45, 2.75) is 16.6 Å². The van der Waals surface area contributed by atoms with Gasteiger partial charge >= 0.3 is 0 Å². The van der Waals surface area contributed by atoms with E-state index in [1.54, 1.807) is 91.0 Å². The Morgan fingerprint density at radius 1 is 0.758 bits per heavy atom. The van der Waals surface area contributed by atoms with Gasteiger partial charge in [-0.1, -0.05) is 54.6 Å². The van der Waals surface area contributed by atoms with E-state index in [2.05, 4.69) is 17.4 Å². The number of phenols is 2. The largest absolute Gasteiger partial charge is 0.508 e. The summed E-state index contributed by atoms with van der Waals surface area (Å²) in [7, 11) is -3.92. The maximum Gasteiger partial charge on any atom is 0.262 e. The lowest BCUT2D eigenvalue weighted by Gasteiger charge is -2.22. The molecule has 0 aromatic heterocycles. The van der Waals surface area contributed by atoms with E-state index in [4.69, 9.17) is 0 Å². The zero-order chi connectivity index (χ0) is 23.4.